The Morgan fingerprint density at radius 2 is 1.94 bits per heavy atom. The van der Waals surface area contributed by atoms with Crippen molar-refractivity contribution < 1.29 is 9.90 Å². The minimum atomic E-state index is 0.0331. The van der Waals surface area contributed by atoms with Crippen molar-refractivity contribution in [2.24, 2.45) is 11.7 Å². The quantitative estimate of drug-likeness (QED) is 0.252. The number of aryl methyl sites for hydroxylation is 1. The number of hydrazine groups is 1. The van der Waals surface area contributed by atoms with Crippen LogP contribution in [0.5, 0.6) is 0 Å². The smallest absolute Gasteiger partial charge is 0.252 e. The monoisotopic (exact) mass is 440 g/mol. The third kappa shape index (κ3) is 3.10. The van der Waals surface area contributed by atoms with Crippen LogP contribution >= 0.6 is 0 Å². The van der Waals surface area contributed by atoms with Gasteiger partial charge in [-0.25, -0.2) is 0 Å². The molecule has 1 aromatic heterocycles. The van der Waals surface area contributed by atoms with Crippen molar-refractivity contribution in [3.05, 3.63) is 76.4 Å². The fourth-order valence-electron chi connectivity index (χ4n) is 5.56. The predicted molar refractivity (Wildman–Crippen MR) is 134 cm³/mol. The lowest BCUT2D eigenvalue weighted by molar-refractivity contribution is 0.0966. The molecule has 4 aromatic rings. The second-order valence-corrected chi connectivity index (χ2v) is 8.45. The standard InChI is InChI=1S/C27H24N2O2.H4N2/c1-2-6-16-9-10-22-19(13-16)24-21-15-28-27(31)25(21)23-18-8-4-3-7-17(18)14-20(23)26(24)29(22)11-5-12-30;1-2/h2-4,6-10,13,30H,5,11-12,14-15H2,1H3,(H,28,31);1-2H2/b6-2+;. The maximum absolute atomic E-state index is 13.0. The third-order valence-electron chi connectivity index (χ3n) is 6.73. The minimum Gasteiger partial charge on any atom is -0.396 e. The summed E-state index contributed by atoms with van der Waals surface area (Å²) in [5.41, 5.74) is 10.3. The molecule has 0 atom stereocenters. The molecule has 0 unspecified atom stereocenters. The predicted octanol–water partition coefficient (Wildman–Crippen LogP) is 3.84. The van der Waals surface area contributed by atoms with Gasteiger partial charge in [0.05, 0.1) is 11.1 Å². The highest BCUT2D eigenvalue weighted by Gasteiger charge is 2.35. The van der Waals surface area contributed by atoms with Gasteiger partial charge in [0.25, 0.3) is 5.91 Å². The maximum Gasteiger partial charge on any atom is 0.252 e. The molecule has 0 radical (unpaired) electrons. The van der Waals surface area contributed by atoms with E-state index in [4.69, 9.17) is 0 Å². The van der Waals surface area contributed by atoms with Crippen LogP contribution in [0.25, 0.3) is 39.0 Å². The van der Waals surface area contributed by atoms with Crippen LogP contribution < -0.4 is 17.0 Å². The minimum absolute atomic E-state index is 0.0331. The molecule has 0 saturated carbocycles. The number of amides is 1. The number of aliphatic hydroxyl groups is 1. The van der Waals surface area contributed by atoms with Crippen molar-refractivity contribution in [3.8, 4) is 11.1 Å². The van der Waals surface area contributed by atoms with Gasteiger partial charge in [-0.3, -0.25) is 16.5 Å². The van der Waals surface area contributed by atoms with Crippen LogP contribution in [0, 0.1) is 0 Å². The lowest BCUT2D eigenvalue weighted by Crippen LogP contribution is -2.13. The third-order valence-corrected chi connectivity index (χ3v) is 6.73. The molecule has 1 aliphatic carbocycles. The number of aromatic nitrogens is 1. The van der Waals surface area contributed by atoms with Gasteiger partial charge in [0.2, 0.25) is 0 Å². The van der Waals surface area contributed by atoms with E-state index in [0.717, 1.165) is 35.2 Å². The lowest BCUT2D eigenvalue weighted by atomic mass is 9.92. The number of hydrogen-bond donors (Lipinski definition) is 4. The molecule has 168 valence electrons. The molecular weight excluding hydrogens is 412 g/mol. The van der Waals surface area contributed by atoms with Crippen LogP contribution in [-0.2, 0) is 19.5 Å². The number of carbonyl (C=O) groups is 1. The zero-order valence-electron chi connectivity index (χ0n) is 18.7. The molecule has 0 bridgehead atoms. The van der Waals surface area contributed by atoms with Crippen LogP contribution in [0.15, 0.2) is 48.5 Å². The largest absolute Gasteiger partial charge is 0.396 e. The summed E-state index contributed by atoms with van der Waals surface area (Å²) in [5.74, 6) is 8.03. The first-order valence-corrected chi connectivity index (χ1v) is 11.3. The summed E-state index contributed by atoms with van der Waals surface area (Å²) in [5, 5.41) is 15.0. The van der Waals surface area contributed by atoms with E-state index in [2.05, 4.69) is 76.2 Å². The fourth-order valence-corrected chi connectivity index (χ4v) is 5.56. The SMILES string of the molecule is C/C=C/c1ccc2c(c1)c1c3c(c4c(c1n2CCCO)Cc1ccccc1-4)C(=O)NC3.NN. The molecular formula is C27H28N4O2. The molecule has 0 fully saturated rings. The molecule has 6 nitrogen and oxygen atoms in total. The Balaban J connectivity index is 0.00000111. The first-order valence-electron chi connectivity index (χ1n) is 11.3. The number of nitrogens with zero attached hydrogens (tertiary/aromatic N) is 1. The van der Waals surface area contributed by atoms with Crippen LogP contribution in [0.4, 0.5) is 0 Å². The molecule has 1 amide bonds. The van der Waals surface area contributed by atoms with Crippen LogP contribution in [-0.4, -0.2) is 22.2 Å². The summed E-state index contributed by atoms with van der Waals surface area (Å²) in [6, 6.07) is 15.0. The number of nitrogens with two attached hydrogens (primary N) is 2. The Morgan fingerprint density at radius 1 is 1.12 bits per heavy atom. The van der Waals surface area contributed by atoms with Crippen molar-refractivity contribution in [2.45, 2.75) is 32.9 Å². The number of benzene rings is 3. The summed E-state index contributed by atoms with van der Waals surface area (Å²) in [4.78, 5) is 13.0. The van der Waals surface area contributed by atoms with Gasteiger partial charge in [-0.05, 0) is 53.3 Å². The molecule has 6 N–H and O–H groups in total. The normalized spacial score (nSPS) is 13.8. The lowest BCUT2D eigenvalue weighted by Gasteiger charge is -2.13. The highest BCUT2D eigenvalue weighted by molar-refractivity contribution is 6.20. The second-order valence-electron chi connectivity index (χ2n) is 8.45. The molecule has 2 aliphatic rings. The molecule has 6 heteroatoms. The van der Waals surface area contributed by atoms with E-state index in [1.54, 1.807) is 0 Å². The zero-order chi connectivity index (χ0) is 23.1. The Hall–Kier alpha value is -3.45. The van der Waals surface area contributed by atoms with Crippen molar-refractivity contribution in [1.82, 2.24) is 9.88 Å². The summed E-state index contributed by atoms with van der Waals surface area (Å²) in [6.07, 6.45) is 5.70. The molecule has 0 saturated heterocycles. The highest BCUT2D eigenvalue weighted by atomic mass is 16.3. The number of rotatable bonds is 4. The highest BCUT2D eigenvalue weighted by Crippen LogP contribution is 2.48. The second kappa shape index (κ2) is 8.48. The van der Waals surface area contributed by atoms with Gasteiger partial charge >= 0.3 is 0 Å². The van der Waals surface area contributed by atoms with Gasteiger partial charge < -0.3 is 15.0 Å². The first-order chi connectivity index (χ1) is 16.2. The Bertz CT molecular complexity index is 1430. The van der Waals surface area contributed by atoms with E-state index >= 15 is 0 Å². The van der Waals surface area contributed by atoms with E-state index in [1.165, 1.54) is 38.5 Å². The van der Waals surface area contributed by atoms with Gasteiger partial charge in [-0.15, -0.1) is 0 Å². The van der Waals surface area contributed by atoms with E-state index in [9.17, 15) is 9.90 Å². The van der Waals surface area contributed by atoms with Crippen LogP contribution in [0.1, 0.15) is 46.0 Å². The molecule has 0 spiro atoms. The Labute approximate surface area is 192 Å². The molecule has 33 heavy (non-hydrogen) atoms. The summed E-state index contributed by atoms with van der Waals surface area (Å²) in [7, 11) is 0. The number of fused-ring (bicyclic) bond motifs is 10. The van der Waals surface area contributed by atoms with Crippen molar-refractivity contribution in [3.63, 3.8) is 0 Å². The van der Waals surface area contributed by atoms with Gasteiger partial charge in [0.1, 0.15) is 0 Å². The number of hydrogen-bond acceptors (Lipinski definition) is 4. The summed E-state index contributed by atoms with van der Waals surface area (Å²) in [6.45, 7) is 3.50. The average molecular weight is 441 g/mol. The van der Waals surface area contributed by atoms with Crippen LogP contribution in [0.2, 0.25) is 0 Å². The van der Waals surface area contributed by atoms with Crippen molar-refractivity contribution in [1.29, 1.82) is 0 Å². The molecule has 1 aliphatic heterocycles. The Morgan fingerprint density at radius 3 is 2.73 bits per heavy atom. The van der Waals surface area contributed by atoms with E-state index in [-0.39, 0.29) is 12.5 Å². The van der Waals surface area contributed by atoms with Crippen LogP contribution in [0.3, 0.4) is 0 Å². The fraction of sp³-hybridized carbons (Fsp3) is 0.222. The average Bonchev–Trinajstić information content (AvgIpc) is 3.50. The summed E-state index contributed by atoms with van der Waals surface area (Å²) >= 11 is 0. The maximum atomic E-state index is 13.0. The number of nitrogens with one attached hydrogen (secondary N) is 1. The van der Waals surface area contributed by atoms with Gasteiger partial charge in [0, 0.05) is 48.0 Å². The van der Waals surface area contributed by atoms with Gasteiger partial charge in [-0.2, -0.15) is 0 Å². The topological polar surface area (TPSA) is 106 Å². The van der Waals surface area contributed by atoms with E-state index < -0.39 is 0 Å². The summed E-state index contributed by atoms with van der Waals surface area (Å²) < 4.78 is 2.37. The van der Waals surface area contributed by atoms with Crippen molar-refractivity contribution in [2.75, 3.05) is 6.61 Å². The molecule has 6 rings (SSSR count). The number of allylic oxidation sites excluding steroid dienone is 1. The molecule has 2 heterocycles. The molecule has 3 aromatic carbocycles. The van der Waals surface area contributed by atoms with E-state index in [0.29, 0.717) is 13.0 Å². The van der Waals surface area contributed by atoms with Crippen molar-refractivity contribution >= 4 is 33.8 Å². The van der Waals surface area contributed by atoms with E-state index in [1.807, 2.05) is 6.92 Å². The van der Waals surface area contributed by atoms with Gasteiger partial charge in [0.15, 0.2) is 0 Å². The zero-order valence-corrected chi connectivity index (χ0v) is 18.7. The Kier molecular flexibility index (Phi) is 5.50. The number of carbonyl (C=O) groups excluding carboxylic acids is 1. The number of aliphatic hydroxyl groups excluding tert-OH is 1. The van der Waals surface area contributed by atoms with Gasteiger partial charge in [-0.1, -0.05) is 42.5 Å². The first kappa shape index (κ1) is 21.4.